The van der Waals surface area contributed by atoms with E-state index in [1.165, 1.54) is 82.7 Å². The molecule has 0 spiro atoms. The Bertz CT molecular complexity index is 839. The zero-order valence-electron chi connectivity index (χ0n) is 20.0. The second-order valence-electron chi connectivity index (χ2n) is 10.3. The maximum absolute atomic E-state index is 13.2. The normalized spacial score (nSPS) is 21.3. The van der Waals surface area contributed by atoms with Gasteiger partial charge in [0, 0.05) is 23.7 Å². The molecule has 2 aromatic carbocycles. The van der Waals surface area contributed by atoms with Crippen LogP contribution in [-0.4, -0.2) is 29.8 Å². The first-order chi connectivity index (χ1) is 15.7. The number of hydrogen-bond acceptors (Lipinski definition) is 2. The number of ketones is 1. The van der Waals surface area contributed by atoms with Crippen LogP contribution in [0, 0.1) is 5.92 Å². The highest BCUT2D eigenvalue weighted by molar-refractivity contribution is 6.10. The lowest BCUT2D eigenvalue weighted by Crippen LogP contribution is -2.41. The lowest BCUT2D eigenvalue weighted by atomic mass is 9.84. The van der Waals surface area contributed by atoms with E-state index in [9.17, 15) is 4.79 Å². The third kappa shape index (κ3) is 6.10. The van der Waals surface area contributed by atoms with Crippen molar-refractivity contribution in [3.8, 4) is 0 Å². The van der Waals surface area contributed by atoms with Crippen LogP contribution in [0.4, 0.5) is 0 Å². The fraction of sp³-hybridized carbons (Fsp3) is 0.567. The van der Waals surface area contributed by atoms with Crippen molar-refractivity contribution in [2.75, 3.05) is 13.1 Å². The van der Waals surface area contributed by atoms with Crippen molar-refractivity contribution in [3.05, 3.63) is 71.3 Å². The molecule has 32 heavy (non-hydrogen) atoms. The molecular formula is C30H41NO. The molecule has 1 aliphatic heterocycles. The van der Waals surface area contributed by atoms with Crippen LogP contribution < -0.4 is 0 Å². The van der Waals surface area contributed by atoms with Crippen molar-refractivity contribution in [2.45, 2.75) is 89.5 Å². The SMILES string of the molecule is CC(CN1CCCCC1CCCC1CCCCC1)c1ccccc1C(=O)c1ccccc1. The monoisotopic (exact) mass is 431 g/mol. The van der Waals surface area contributed by atoms with E-state index in [4.69, 9.17) is 0 Å². The highest BCUT2D eigenvalue weighted by Crippen LogP contribution is 2.31. The van der Waals surface area contributed by atoms with Crippen molar-refractivity contribution in [1.82, 2.24) is 4.90 Å². The van der Waals surface area contributed by atoms with Gasteiger partial charge in [0.25, 0.3) is 0 Å². The van der Waals surface area contributed by atoms with E-state index in [2.05, 4.69) is 24.0 Å². The molecule has 2 aliphatic rings. The summed E-state index contributed by atoms with van der Waals surface area (Å²) in [4.78, 5) is 16.0. The van der Waals surface area contributed by atoms with Gasteiger partial charge in [0.1, 0.15) is 0 Å². The highest BCUT2D eigenvalue weighted by atomic mass is 16.1. The highest BCUT2D eigenvalue weighted by Gasteiger charge is 2.26. The van der Waals surface area contributed by atoms with Gasteiger partial charge >= 0.3 is 0 Å². The average molecular weight is 432 g/mol. The zero-order chi connectivity index (χ0) is 22.2. The Labute approximate surface area is 195 Å². The van der Waals surface area contributed by atoms with Gasteiger partial charge in [0.15, 0.2) is 5.78 Å². The van der Waals surface area contributed by atoms with Gasteiger partial charge in [-0.1, -0.05) is 113 Å². The van der Waals surface area contributed by atoms with Gasteiger partial charge in [-0.3, -0.25) is 9.69 Å². The Morgan fingerprint density at radius 1 is 0.875 bits per heavy atom. The summed E-state index contributed by atoms with van der Waals surface area (Å²) < 4.78 is 0. The van der Waals surface area contributed by atoms with Gasteiger partial charge < -0.3 is 0 Å². The summed E-state index contributed by atoms with van der Waals surface area (Å²) in [6.07, 6.45) is 15.5. The number of piperidine rings is 1. The van der Waals surface area contributed by atoms with Crippen LogP contribution in [-0.2, 0) is 0 Å². The Hall–Kier alpha value is -1.93. The van der Waals surface area contributed by atoms with E-state index in [-0.39, 0.29) is 5.78 Å². The molecule has 2 aromatic rings. The molecule has 2 unspecified atom stereocenters. The lowest BCUT2D eigenvalue weighted by Gasteiger charge is -2.38. The summed E-state index contributed by atoms with van der Waals surface area (Å²) in [6.45, 7) is 4.59. The Morgan fingerprint density at radius 3 is 2.41 bits per heavy atom. The number of carbonyl (C=O) groups excluding carboxylic acids is 1. The molecule has 0 N–H and O–H groups in total. The first kappa shape index (κ1) is 23.2. The second-order valence-corrected chi connectivity index (χ2v) is 10.3. The largest absolute Gasteiger partial charge is 0.300 e. The van der Waals surface area contributed by atoms with Crippen LogP contribution in [0.3, 0.4) is 0 Å². The van der Waals surface area contributed by atoms with Crippen LogP contribution in [0.1, 0.15) is 105 Å². The third-order valence-electron chi connectivity index (χ3n) is 7.90. The minimum absolute atomic E-state index is 0.149. The number of hydrogen-bond donors (Lipinski definition) is 0. The van der Waals surface area contributed by atoms with Crippen LogP contribution in [0.2, 0.25) is 0 Å². The van der Waals surface area contributed by atoms with E-state index >= 15 is 0 Å². The topological polar surface area (TPSA) is 20.3 Å². The summed E-state index contributed by atoms with van der Waals surface area (Å²) >= 11 is 0. The molecule has 0 amide bonds. The Balaban J connectivity index is 1.38. The van der Waals surface area contributed by atoms with E-state index < -0.39 is 0 Å². The maximum atomic E-state index is 13.2. The summed E-state index contributed by atoms with van der Waals surface area (Å²) in [5, 5.41) is 0. The molecule has 2 nitrogen and oxygen atoms in total. The smallest absolute Gasteiger partial charge is 0.193 e. The predicted molar refractivity (Wildman–Crippen MR) is 134 cm³/mol. The quantitative estimate of drug-likeness (QED) is 0.380. The zero-order valence-corrected chi connectivity index (χ0v) is 20.0. The Kier molecular flexibility index (Phi) is 8.56. The molecule has 1 aliphatic carbocycles. The van der Waals surface area contributed by atoms with E-state index in [1.54, 1.807) is 0 Å². The lowest BCUT2D eigenvalue weighted by molar-refractivity contribution is 0.103. The summed E-state index contributed by atoms with van der Waals surface area (Å²) in [5.41, 5.74) is 2.86. The van der Waals surface area contributed by atoms with Crippen LogP contribution in [0.5, 0.6) is 0 Å². The number of nitrogens with zero attached hydrogens (tertiary/aromatic N) is 1. The molecule has 172 valence electrons. The minimum Gasteiger partial charge on any atom is -0.300 e. The molecule has 2 heteroatoms. The van der Waals surface area contributed by atoms with Crippen LogP contribution in [0.15, 0.2) is 54.6 Å². The summed E-state index contributed by atoms with van der Waals surface area (Å²) in [6, 6.07) is 18.7. The number of benzene rings is 2. The van der Waals surface area contributed by atoms with Crippen LogP contribution >= 0.6 is 0 Å². The molecule has 0 aromatic heterocycles. The predicted octanol–water partition coefficient (Wildman–Crippen LogP) is 7.63. The van der Waals surface area contributed by atoms with Crippen molar-refractivity contribution >= 4 is 5.78 Å². The molecule has 1 heterocycles. The van der Waals surface area contributed by atoms with E-state index in [0.29, 0.717) is 5.92 Å². The molecule has 4 rings (SSSR count). The van der Waals surface area contributed by atoms with Gasteiger partial charge in [0.2, 0.25) is 0 Å². The molecule has 0 bridgehead atoms. The summed E-state index contributed by atoms with van der Waals surface area (Å²) in [7, 11) is 0. The molecule has 1 saturated heterocycles. The van der Waals surface area contributed by atoms with Gasteiger partial charge in [-0.25, -0.2) is 0 Å². The van der Waals surface area contributed by atoms with Gasteiger partial charge in [0.05, 0.1) is 0 Å². The standard InChI is InChI=1S/C30H41NO/c1-24(28-20-8-9-21-29(28)30(32)26-16-6-3-7-17-26)23-31-22-11-10-18-27(31)19-12-15-25-13-4-2-5-14-25/h3,6-9,16-17,20-21,24-25,27H,2,4-5,10-15,18-19,22-23H2,1H3. The Morgan fingerprint density at radius 2 is 1.59 bits per heavy atom. The van der Waals surface area contributed by atoms with Crippen molar-refractivity contribution < 1.29 is 4.79 Å². The molecule has 0 radical (unpaired) electrons. The molecular weight excluding hydrogens is 390 g/mol. The van der Waals surface area contributed by atoms with Crippen molar-refractivity contribution in [2.24, 2.45) is 5.92 Å². The van der Waals surface area contributed by atoms with Crippen molar-refractivity contribution in [1.29, 1.82) is 0 Å². The van der Waals surface area contributed by atoms with Gasteiger partial charge in [-0.15, -0.1) is 0 Å². The number of carbonyl (C=O) groups is 1. The molecule has 1 saturated carbocycles. The first-order valence-corrected chi connectivity index (χ1v) is 13.1. The van der Waals surface area contributed by atoms with E-state index in [0.717, 1.165) is 29.6 Å². The molecule has 2 atom stereocenters. The fourth-order valence-electron chi connectivity index (χ4n) is 6.07. The number of rotatable bonds is 9. The second kappa shape index (κ2) is 11.8. The van der Waals surface area contributed by atoms with Gasteiger partial charge in [-0.05, 0) is 43.2 Å². The maximum Gasteiger partial charge on any atom is 0.193 e. The van der Waals surface area contributed by atoms with Gasteiger partial charge in [-0.2, -0.15) is 0 Å². The van der Waals surface area contributed by atoms with E-state index in [1.807, 2.05) is 42.5 Å². The number of likely N-dealkylation sites (tertiary alicyclic amines) is 1. The van der Waals surface area contributed by atoms with Crippen LogP contribution in [0.25, 0.3) is 0 Å². The van der Waals surface area contributed by atoms with Crippen molar-refractivity contribution in [3.63, 3.8) is 0 Å². The third-order valence-corrected chi connectivity index (χ3v) is 7.90. The first-order valence-electron chi connectivity index (χ1n) is 13.1. The minimum atomic E-state index is 0.149. The average Bonchev–Trinajstić information content (AvgIpc) is 2.86. The summed E-state index contributed by atoms with van der Waals surface area (Å²) in [5.74, 6) is 1.50. The fourth-order valence-corrected chi connectivity index (χ4v) is 6.07. The molecule has 2 fully saturated rings.